The van der Waals surface area contributed by atoms with Gasteiger partial charge in [-0.05, 0) is 29.6 Å². The molecular weight excluding hydrogens is 366 g/mol. The molecule has 140 valence electrons. The smallest absolute Gasteiger partial charge is 0.269 e. The maximum atomic E-state index is 12.3. The molecule has 2 aromatic heterocycles. The highest BCUT2D eigenvalue weighted by atomic mass is 32.1. The van der Waals surface area contributed by atoms with Crippen LogP contribution in [0.2, 0.25) is 0 Å². The molecule has 2 heterocycles. The van der Waals surface area contributed by atoms with Gasteiger partial charge in [0.25, 0.3) is 11.5 Å². The zero-order valence-electron chi connectivity index (χ0n) is 14.9. The van der Waals surface area contributed by atoms with E-state index in [2.05, 4.69) is 15.8 Å². The first-order valence-corrected chi connectivity index (χ1v) is 9.13. The van der Waals surface area contributed by atoms with E-state index in [1.54, 1.807) is 29.6 Å². The van der Waals surface area contributed by atoms with Gasteiger partial charge in [0.15, 0.2) is 0 Å². The SMILES string of the molecule is CN(C)c1cccc(C(=O)NNC(=O)CCn2cnc3sccc3c2=O)c1. The third kappa shape index (κ3) is 4.32. The summed E-state index contributed by atoms with van der Waals surface area (Å²) in [7, 11) is 3.76. The summed E-state index contributed by atoms with van der Waals surface area (Å²) >= 11 is 1.39. The Labute approximate surface area is 159 Å². The summed E-state index contributed by atoms with van der Waals surface area (Å²) in [5, 5.41) is 2.34. The Morgan fingerprint density at radius 2 is 2.04 bits per heavy atom. The van der Waals surface area contributed by atoms with Crippen LogP contribution in [-0.2, 0) is 11.3 Å². The van der Waals surface area contributed by atoms with Crippen LogP contribution in [0.4, 0.5) is 5.69 Å². The van der Waals surface area contributed by atoms with Crippen molar-refractivity contribution in [3.05, 3.63) is 58.0 Å². The predicted octanol–water partition coefficient (Wildman–Crippen LogP) is 1.38. The Kier molecular flexibility index (Phi) is 5.51. The van der Waals surface area contributed by atoms with Crippen molar-refractivity contribution in [2.75, 3.05) is 19.0 Å². The average Bonchev–Trinajstić information content (AvgIpc) is 3.15. The first-order valence-electron chi connectivity index (χ1n) is 8.25. The molecular formula is C18H19N5O3S. The molecule has 2 amide bonds. The van der Waals surface area contributed by atoms with Crippen LogP contribution in [0, 0.1) is 0 Å². The number of aromatic nitrogens is 2. The van der Waals surface area contributed by atoms with Crippen molar-refractivity contribution in [1.29, 1.82) is 0 Å². The Morgan fingerprint density at radius 3 is 2.81 bits per heavy atom. The molecule has 0 bridgehead atoms. The van der Waals surface area contributed by atoms with Gasteiger partial charge in [-0.25, -0.2) is 4.98 Å². The number of hydrazine groups is 1. The van der Waals surface area contributed by atoms with Gasteiger partial charge in [-0.2, -0.15) is 0 Å². The fourth-order valence-electron chi connectivity index (χ4n) is 2.46. The quantitative estimate of drug-likeness (QED) is 0.647. The summed E-state index contributed by atoms with van der Waals surface area (Å²) in [5.41, 5.74) is 5.88. The first-order chi connectivity index (χ1) is 13.0. The van der Waals surface area contributed by atoms with Crippen LogP contribution in [0.25, 0.3) is 10.2 Å². The number of thiophene rings is 1. The highest BCUT2D eigenvalue weighted by Crippen LogP contribution is 2.14. The molecule has 0 aliphatic heterocycles. The van der Waals surface area contributed by atoms with Crippen LogP contribution in [0.15, 0.2) is 46.8 Å². The molecule has 3 rings (SSSR count). The van der Waals surface area contributed by atoms with Gasteiger partial charge in [0.2, 0.25) is 5.91 Å². The summed E-state index contributed by atoms with van der Waals surface area (Å²) in [6.07, 6.45) is 1.47. The van der Waals surface area contributed by atoms with E-state index in [0.29, 0.717) is 15.8 Å². The zero-order chi connectivity index (χ0) is 19.4. The van der Waals surface area contributed by atoms with E-state index < -0.39 is 11.8 Å². The zero-order valence-corrected chi connectivity index (χ0v) is 15.7. The fourth-order valence-corrected chi connectivity index (χ4v) is 3.18. The maximum absolute atomic E-state index is 12.3. The van der Waals surface area contributed by atoms with Crippen LogP contribution in [-0.4, -0.2) is 35.5 Å². The number of hydrogen-bond acceptors (Lipinski definition) is 6. The number of rotatable bonds is 5. The van der Waals surface area contributed by atoms with Crippen molar-refractivity contribution in [2.45, 2.75) is 13.0 Å². The molecule has 0 fully saturated rings. The lowest BCUT2D eigenvalue weighted by atomic mass is 10.2. The number of nitrogens with one attached hydrogen (secondary N) is 2. The van der Waals surface area contributed by atoms with Crippen molar-refractivity contribution in [2.24, 2.45) is 0 Å². The second kappa shape index (κ2) is 8.00. The van der Waals surface area contributed by atoms with Crippen molar-refractivity contribution in [3.8, 4) is 0 Å². The molecule has 1 aromatic carbocycles. The van der Waals surface area contributed by atoms with E-state index in [-0.39, 0.29) is 18.5 Å². The van der Waals surface area contributed by atoms with E-state index in [4.69, 9.17) is 0 Å². The molecule has 0 unspecified atom stereocenters. The first kappa shape index (κ1) is 18.6. The summed E-state index contributed by atoms with van der Waals surface area (Å²) in [5.74, 6) is -0.810. The number of carbonyl (C=O) groups is 2. The summed E-state index contributed by atoms with van der Waals surface area (Å²) in [6.45, 7) is 0.176. The largest absolute Gasteiger partial charge is 0.378 e. The molecule has 2 N–H and O–H groups in total. The number of aryl methyl sites for hydroxylation is 1. The number of hydrogen-bond donors (Lipinski definition) is 2. The number of benzene rings is 1. The third-order valence-corrected chi connectivity index (χ3v) is 4.79. The number of fused-ring (bicyclic) bond motifs is 1. The Bertz CT molecular complexity index is 1040. The molecule has 8 nitrogen and oxygen atoms in total. The molecule has 9 heteroatoms. The van der Waals surface area contributed by atoms with Gasteiger partial charge in [-0.3, -0.25) is 29.8 Å². The van der Waals surface area contributed by atoms with Crippen LogP contribution >= 0.6 is 11.3 Å². The Morgan fingerprint density at radius 1 is 1.22 bits per heavy atom. The van der Waals surface area contributed by atoms with E-state index in [1.165, 1.54) is 22.2 Å². The number of carbonyl (C=O) groups excluding carboxylic acids is 2. The van der Waals surface area contributed by atoms with Crippen LogP contribution in [0.3, 0.4) is 0 Å². The van der Waals surface area contributed by atoms with Gasteiger partial charge in [-0.1, -0.05) is 6.07 Å². The lowest BCUT2D eigenvalue weighted by Crippen LogP contribution is -2.42. The van der Waals surface area contributed by atoms with Gasteiger partial charge in [0.1, 0.15) is 4.83 Å². The Balaban J connectivity index is 1.55. The van der Waals surface area contributed by atoms with Crippen molar-refractivity contribution >= 4 is 39.1 Å². The number of anilines is 1. The predicted molar refractivity (Wildman–Crippen MR) is 105 cm³/mol. The van der Waals surface area contributed by atoms with Crippen molar-refractivity contribution in [1.82, 2.24) is 20.4 Å². The summed E-state index contributed by atoms with van der Waals surface area (Å²) in [4.78, 5) is 43.2. The molecule has 3 aromatic rings. The van der Waals surface area contributed by atoms with Crippen LogP contribution < -0.4 is 21.3 Å². The fraction of sp³-hybridized carbons (Fsp3) is 0.222. The minimum Gasteiger partial charge on any atom is -0.378 e. The van der Waals surface area contributed by atoms with Crippen LogP contribution in [0.5, 0.6) is 0 Å². The van der Waals surface area contributed by atoms with Crippen LogP contribution in [0.1, 0.15) is 16.8 Å². The molecule has 0 atom stereocenters. The molecule has 27 heavy (non-hydrogen) atoms. The van der Waals surface area contributed by atoms with E-state index in [0.717, 1.165) is 5.69 Å². The van der Waals surface area contributed by atoms with Crippen molar-refractivity contribution < 1.29 is 9.59 Å². The Hall–Kier alpha value is -3.20. The lowest BCUT2D eigenvalue weighted by molar-refractivity contribution is -0.122. The molecule has 0 saturated carbocycles. The minimum absolute atomic E-state index is 0.0370. The minimum atomic E-state index is -0.412. The van der Waals surface area contributed by atoms with E-state index in [9.17, 15) is 14.4 Å². The van der Waals surface area contributed by atoms with Gasteiger partial charge in [0.05, 0.1) is 11.7 Å². The van der Waals surface area contributed by atoms with Gasteiger partial charge in [-0.15, -0.1) is 11.3 Å². The highest BCUT2D eigenvalue weighted by molar-refractivity contribution is 7.16. The second-order valence-corrected chi connectivity index (χ2v) is 6.97. The highest BCUT2D eigenvalue weighted by Gasteiger charge is 2.10. The van der Waals surface area contributed by atoms with Gasteiger partial charge in [0, 0.05) is 38.3 Å². The summed E-state index contributed by atoms with van der Waals surface area (Å²) in [6, 6.07) is 8.75. The van der Waals surface area contributed by atoms with E-state index >= 15 is 0 Å². The molecule has 0 aliphatic carbocycles. The second-order valence-electron chi connectivity index (χ2n) is 6.08. The van der Waals surface area contributed by atoms with Gasteiger partial charge >= 0.3 is 0 Å². The maximum Gasteiger partial charge on any atom is 0.269 e. The molecule has 0 spiro atoms. The molecule has 0 aliphatic rings. The van der Waals surface area contributed by atoms with E-state index in [1.807, 2.05) is 25.1 Å². The number of nitrogens with zero attached hydrogens (tertiary/aromatic N) is 3. The summed E-state index contributed by atoms with van der Waals surface area (Å²) < 4.78 is 1.39. The van der Waals surface area contributed by atoms with Gasteiger partial charge < -0.3 is 4.90 Å². The average molecular weight is 385 g/mol. The normalized spacial score (nSPS) is 10.6. The molecule has 0 radical (unpaired) electrons. The topological polar surface area (TPSA) is 96.3 Å². The lowest BCUT2D eigenvalue weighted by Gasteiger charge is -2.13. The monoisotopic (exact) mass is 385 g/mol. The number of amides is 2. The van der Waals surface area contributed by atoms with Crippen molar-refractivity contribution in [3.63, 3.8) is 0 Å². The standard InChI is InChI=1S/C18H19N5O3S/c1-22(2)13-5-3-4-12(10-13)16(25)21-20-15(24)6-8-23-11-19-17-14(18(23)26)7-9-27-17/h3-5,7,9-11H,6,8H2,1-2H3,(H,20,24)(H,21,25). The molecule has 0 saturated heterocycles. The third-order valence-electron chi connectivity index (χ3n) is 3.97.